The van der Waals surface area contributed by atoms with Crippen LogP contribution in [0.1, 0.15) is 32.8 Å². The number of hydrogen-bond donors (Lipinski definition) is 1. The molecular weight excluding hydrogens is 242 g/mol. The first-order valence-electron chi connectivity index (χ1n) is 6.81. The van der Waals surface area contributed by atoms with Crippen LogP contribution in [-0.2, 0) is 21.6 Å². The van der Waals surface area contributed by atoms with Crippen molar-refractivity contribution in [2.75, 3.05) is 26.9 Å². The Morgan fingerprint density at radius 3 is 2.84 bits per heavy atom. The molecule has 0 bridgehead atoms. The Morgan fingerprint density at radius 1 is 1.53 bits per heavy atom. The molecule has 0 aromatic carbocycles. The monoisotopic (exact) mass is 267 g/mol. The molecule has 19 heavy (non-hydrogen) atoms. The highest BCUT2D eigenvalue weighted by Gasteiger charge is 2.34. The van der Waals surface area contributed by atoms with E-state index >= 15 is 0 Å². The molecule has 1 atom stereocenters. The molecule has 1 aliphatic heterocycles. The van der Waals surface area contributed by atoms with E-state index in [0.717, 1.165) is 19.6 Å². The molecule has 0 aliphatic carbocycles. The fourth-order valence-electron chi connectivity index (χ4n) is 2.30. The maximum atomic E-state index is 5.50. The standard InChI is InChI=1S/C14H25N3O2/c1-13(2,3)17-9-12(8-16-17)7-15-14(10-18-4)5-6-19-11-14/h8-9,15H,5-7,10-11H2,1-4H3. The molecule has 2 rings (SSSR count). The van der Waals surface area contributed by atoms with Gasteiger partial charge in [-0.05, 0) is 27.2 Å². The number of nitrogens with zero attached hydrogens (tertiary/aromatic N) is 2. The van der Waals surface area contributed by atoms with E-state index in [4.69, 9.17) is 9.47 Å². The summed E-state index contributed by atoms with van der Waals surface area (Å²) in [6.07, 6.45) is 5.02. The van der Waals surface area contributed by atoms with E-state index in [1.54, 1.807) is 7.11 Å². The van der Waals surface area contributed by atoms with Crippen molar-refractivity contribution >= 4 is 0 Å². The third kappa shape index (κ3) is 3.55. The van der Waals surface area contributed by atoms with Crippen LogP contribution >= 0.6 is 0 Å². The zero-order valence-electron chi connectivity index (χ0n) is 12.4. The van der Waals surface area contributed by atoms with E-state index in [0.29, 0.717) is 13.2 Å². The molecule has 0 radical (unpaired) electrons. The van der Waals surface area contributed by atoms with Crippen LogP contribution in [0.15, 0.2) is 12.4 Å². The van der Waals surface area contributed by atoms with E-state index in [9.17, 15) is 0 Å². The number of hydrogen-bond acceptors (Lipinski definition) is 4. The van der Waals surface area contributed by atoms with Crippen LogP contribution in [0.5, 0.6) is 0 Å². The van der Waals surface area contributed by atoms with Gasteiger partial charge in [0.05, 0.1) is 30.5 Å². The molecule has 0 spiro atoms. The van der Waals surface area contributed by atoms with Gasteiger partial charge in [-0.15, -0.1) is 0 Å². The van der Waals surface area contributed by atoms with E-state index in [1.807, 2.05) is 10.9 Å². The first kappa shape index (κ1) is 14.5. The average molecular weight is 267 g/mol. The molecule has 108 valence electrons. The van der Waals surface area contributed by atoms with Gasteiger partial charge in [0.25, 0.3) is 0 Å². The highest BCUT2D eigenvalue weighted by Crippen LogP contribution is 2.20. The minimum atomic E-state index is -0.0431. The molecule has 0 saturated carbocycles. The van der Waals surface area contributed by atoms with Gasteiger partial charge in [-0.25, -0.2) is 0 Å². The van der Waals surface area contributed by atoms with Gasteiger partial charge in [-0.3, -0.25) is 4.68 Å². The Labute approximate surface area is 115 Å². The third-order valence-corrected chi connectivity index (χ3v) is 3.51. The van der Waals surface area contributed by atoms with Gasteiger partial charge in [-0.2, -0.15) is 5.10 Å². The molecule has 1 N–H and O–H groups in total. The summed E-state index contributed by atoms with van der Waals surface area (Å²) in [5.41, 5.74) is 1.18. The third-order valence-electron chi connectivity index (χ3n) is 3.51. The summed E-state index contributed by atoms with van der Waals surface area (Å²) in [5, 5.41) is 7.99. The van der Waals surface area contributed by atoms with Gasteiger partial charge < -0.3 is 14.8 Å². The lowest BCUT2D eigenvalue weighted by Crippen LogP contribution is -2.49. The van der Waals surface area contributed by atoms with Crippen molar-refractivity contribution in [2.24, 2.45) is 0 Å². The second-order valence-electron chi connectivity index (χ2n) is 6.33. The molecule has 1 saturated heterocycles. The fraction of sp³-hybridized carbons (Fsp3) is 0.786. The van der Waals surface area contributed by atoms with Gasteiger partial charge in [0, 0.05) is 32.0 Å². The summed E-state index contributed by atoms with van der Waals surface area (Å²) in [4.78, 5) is 0. The van der Waals surface area contributed by atoms with E-state index in [1.165, 1.54) is 5.56 Å². The average Bonchev–Trinajstić information content (AvgIpc) is 2.94. The lowest BCUT2D eigenvalue weighted by Gasteiger charge is -2.27. The van der Waals surface area contributed by atoms with Gasteiger partial charge in [0.1, 0.15) is 0 Å². The van der Waals surface area contributed by atoms with Crippen molar-refractivity contribution in [1.82, 2.24) is 15.1 Å². The first-order chi connectivity index (χ1) is 8.95. The summed E-state index contributed by atoms with van der Waals surface area (Å²) in [5.74, 6) is 0. The molecule has 1 aromatic heterocycles. The minimum Gasteiger partial charge on any atom is -0.383 e. The van der Waals surface area contributed by atoms with Crippen LogP contribution in [-0.4, -0.2) is 42.2 Å². The summed E-state index contributed by atoms with van der Waals surface area (Å²) < 4.78 is 12.8. The Bertz CT molecular complexity index is 403. The zero-order valence-corrected chi connectivity index (χ0v) is 12.4. The molecule has 5 nitrogen and oxygen atoms in total. The number of methoxy groups -OCH3 is 1. The maximum Gasteiger partial charge on any atom is 0.0678 e. The predicted octanol–water partition coefficient (Wildman–Crippen LogP) is 1.53. The SMILES string of the molecule is COCC1(NCc2cnn(C(C)(C)C)c2)CCOC1. The van der Waals surface area contributed by atoms with Gasteiger partial charge in [0.15, 0.2) is 0 Å². The molecule has 1 unspecified atom stereocenters. The molecule has 2 heterocycles. The molecule has 1 aromatic rings. The van der Waals surface area contributed by atoms with Gasteiger partial charge >= 0.3 is 0 Å². The number of nitrogens with one attached hydrogen (secondary N) is 1. The van der Waals surface area contributed by atoms with Crippen molar-refractivity contribution in [3.63, 3.8) is 0 Å². The van der Waals surface area contributed by atoms with E-state index < -0.39 is 0 Å². The van der Waals surface area contributed by atoms with Crippen molar-refractivity contribution in [1.29, 1.82) is 0 Å². The molecule has 5 heteroatoms. The second kappa shape index (κ2) is 5.61. The Balaban J connectivity index is 1.96. The fourth-order valence-corrected chi connectivity index (χ4v) is 2.30. The summed E-state index contributed by atoms with van der Waals surface area (Å²) in [6.45, 7) is 9.44. The molecule has 1 aliphatic rings. The summed E-state index contributed by atoms with van der Waals surface area (Å²) in [7, 11) is 1.74. The van der Waals surface area contributed by atoms with E-state index in [2.05, 4.69) is 37.4 Å². The number of ether oxygens (including phenoxy) is 2. The summed E-state index contributed by atoms with van der Waals surface area (Å²) >= 11 is 0. The van der Waals surface area contributed by atoms with Crippen molar-refractivity contribution in [2.45, 2.75) is 44.8 Å². The van der Waals surface area contributed by atoms with E-state index in [-0.39, 0.29) is 11.1 Å². The highest BCUT2D eigenvalue weighted by molar-refractivity contribution is 5.06. The molecule has 1 fully saturated rings. The van der Waals surface area contributed by atoms with Gasteiger partial charge in [-0.1, -0.05) is 0 Å². The Hall–Kier alpha value is -0.910. The highest BCUT2D eigenvalue weighted by atomic mass is 16.5. The van der Waals surface area contributed by atoms with Crippen LogP contribution in [0, 0.1) is 0 Å². The smallest absolute Gasteiger partial charge is 0.0678 e. The number of rotatable bonds is 5. The lowest BCUT2D eigenvalue weighted by atomic mass is 10.00. The number of aromatic nitrogens is 2. The van der Waals surface area contributed by atoms with Crippen molar-refractivity contribution in [3.8, 4) is 0 Å². The Morgan fingerprint density at radius 2 is 2.32 bits per heavy atom. The second-order valence-corrected chi connectivity index (χ2v) is 6.33. The minimum absolute atomic E-state index is 0.0267. The van der Waals surface area contributed by atoms with Crippen molar-refractivity contribution < 1.29 is 9.47 Å². The van der Waals surface area contributed by atoms with Crippen LogP contribution in [0.2, 0.25) is 0 Å². The first-order valence-corrected chi connectivity index (χ1v) is 6.81. The quantitative estimate of drug-likeness (QED) is 0.879. The molecular formula is C14H25N3O2. The normalized spacial score (nSPS) is 24.0. The predicted molar refractivity (Wildman–Crippen MR) is 74.1 cm³/mol. The maximum absolute atomic E-state index is 5.50. The van der Waals surface area contributed by atoms with Crippen LogP contribution in [0.4, 0.5) is 0 Å². The summed E-state index contributed by atoms with van der Waals surface area (Å²) in [6, 6.07) is 0. The van der Waals surface area contributed by atoms with Gasteiger partial charge in [0.2, 0.25) is 0 Å². The largest absolute Gasteiger partial charge is 0.383 e. The van der Waals surface area contributed by atoms with Crippen LogP contribution in [0.25, 0.3) is 0 Å². The van der Waals surface area contributed by atoms with Crippen LogP contribution in [0.3, 0.4) is 0 Å². The Kier molecular flexibility index (Phi) is 4.28. The zero-order chi connectivity index (χ0) is 13.9. The molecule has 0 amide bonds. The van der Waals surface area contributed by atoms with Crippen LogP contribution < -0.4 is 5.32 Å². The lowest BCUT2D eigenvalue weighted by molar-refractivity contribution is 0.0888. The van der Waals surface area contributed by atoms with Crippen molar-refractivity contribution in [3.05, 3.63) is 18.0 Å². The topological polar surface area (TPSA) is 48.3 Å².